The van der Waals surface area contributed by atoms with Gasteiger partial charge in [-0.15, -0.1) is 0 Å². The van der Waals surface area contributed by atoms with Gasteiger partial charge in [-0.2, -0.15) is 8.78 Å². The van der Waals surface area contributed by atoms with Crippen LogP contribution >= 0.6 is 0 Å². The van der Waals surface area contributed by atoms with Crippen molar-refractivity contribution in [2.45, 2.75) is 12.7 Å². The van der Waals surface area contributed by atoms with E-state index < -0.39 is 12.7 Å². The van der Waals surface area contributed by atoms with Crippen molar-refractivity contribution in [2.24, 2.45) is 0 Å². The number of hydrogen-bond acceptors (Lipinski definition) is 4. The van der Waals surface area contributed by atoms with Gasteiger partial charge in [0.05, 0.1) is 19.3 Å². The highest BCUT2D eigenvalue weighted by atomic mass is 19.3. The first-order chi connectivity index (χ1) is 9.56. The van der Waals surface area contributed by atoms with E-state index in [4.69, 9.17) is 4.74 Å². The molecule has 0 saturated carbocycles. The molecule has 1 aromatic carbocycles. The van der Waals surface area contributed by atoms with Gasteiger partial charge in [-0.25, -0.2) is 0 Å². The molecule has 1 atom stereocenters. The zero-order valence-corrected chi connectivity index (χ0v) is 10.7. The number of carbonyl (C=O) groups excluding carboxylic acids is 1. The molecule has 0 spiro atoms. The number of carbonyl (C=O) groups is 1. The minimum absolute atomic E-state index is 0.00390. The fourth-order valence-corrected chi connectivity index (χ4v) is 1.94. The lowest BCUT2D eigenvalue weighted by Gasteiger charge is -2.21. The van der Waals surface area contributed by atoms with E-state index in [2.05, 4.69) is 4.74 Å². The van der Waals surface area contributed by atoms with Gasteiger partial charge >= 0.3 is 6.61 Å². The zero-order chi connectivity index (χ0) is 14.5. The normalized spacial score (nSPS) is 19.8. The van der Waals surface area contributed by atoms with Gasteiger partial charge in [-0.1, -0.05) is 0 Å². The van der Waals surface area contributed by atoms with Crippen molar-refractivity contribution in [3.8, 4) is 5.75 Å². The maximum absolute atomic E-state index is 12.2. The molecule has 0 aromatic heterocycles. The van der Waals surface area contributed by atoms with Crippen molar-refractivity contribution >= 4 is 5.91 Å². The van der Waals surface area contributed by atoms with E-state index in [1.807, 2.05) is 0 Å². The van der Waals surface area contributed by atoms with Crippen LogP contribution in [0.5, 0.6) is 5.75 Å². The second-order valence-electron chi connectivity index (χ2n) is 4.38. The Morgan fingerprint density at radius 1 is 1.40 bits per heavy atom. The quantitative estimate of drug-likeness (QED) is 0.905. The topological polar surface area (TPSA) is 59.0 Å². The number of halogens is 2. The van der Waals surface area contributed by atoms with E-state index in [0.29, 0.717) is 18.7 Å². The molecule has 5 nitrogen and oxygen atoms in total. The van der Waals surface area contributed by atoms with Crippen LogP contribution < -0.4 is 4.74 Å². The Hall–Kier alpha value is -1.73. The molecule has 1 N–H and O–H groups in total. The molecule has 1 saturated heterocycles. The molecule has 1 aliphatic rings. The summed E-state index contributed by atoms with van der Waals surface area (Å²) in [6.45, 7) is -1.77. The lowest BCUT2D eigenvalue weighted by atomic mass is 10.2. The first-order valence-corrected chi connectivity index (χ1v) is 6.16. The number of aliphatic hydroxyl groups excluding tert-OH is 1. The number of hydrogen-bond donors (Lipinski definition) is 1. The van der Waals surface area contributed by atoms with Gasteiger partial charge in [0.1, 0.15) is 5.75 Å². The Bertz CT molecular complexity index is 452. The fourth-order valence-electron chi connectivity index (χ4n) is 1.94. The standard InChI is InChI=1S/C13H15F2NO4/c14-13(15)20-11-3-1-9(2-4-11)12(18)16-5-6-19-8-10(17)7-16/h1-4,10,13,17H,5-8H2/t10-/m1/s1. The maximum atomic E-state index is 12.2. The molecule has 0 radical (unpaired) electrons. The first kappa shape index (κ1) is 14.7. The molecule has 7 heteroatoms. The first-order valence-electron chi connectivity index (χ1n) is 6.16. The number of ether oxygens (including phenoxy) is 2. The molecule has 1 amide bonds. The van der Waals surface area contributed by atoms with Crippen LogP contribution in [0, 0.1) is 0 Å². The zero-order valence-electron chi connectivity index (χ0n) is 10.7. The molecule has 0 aliphatic carbocycles. The minimum Gasteiger partial charge on any atom is -0.435 e. The van der Waals surface area contributed by atoms with Gasteiger partial charge in [0.25, 0.3) is 5.91 Å². The highest BCUT2D eigenvalue weighted by Gasteiger charge is 2.22. The van der Waals surface area contributed by atoms with Crippen LogP contribution in [0.25, 0.3) is 0 Å². The fraction of sp³-hybridized carbons (Fsp3) is 0.462. The van der Waals surface area contributed by atoms with E-state index in [-0.39, 0.29) is 24.8 Å². The number of benzene rings is 1. The average Bonchev–Trinajstić information content (AvgIpc) is 2.63. The Labute approximate surface area is 114 Å². The van der Waals surface area contributed by atoms with Crippen molar-refractivity contribution in [2.75, 3.05) is 26.3 Å². The monoisotopic (exact) mass is 287 g/mol. The molecular weight excluding hydrogens is 272 g/mol. The molecule has 1 heterocycles. The third-order valence-electron chi connectivity index (χ3n) is 2.86. The lowest BCUT2D eigenvalue weighted by Crippen LogP contribution is -2.37. The minimum atomic E-state index is -2.89. The second kappa shape index (κ2) is 6.62. The summed E-state index contributed by atoms with van der Waals surface area (Å²) in [5.41, 5.74) is 0.348. The molecule has 110 valence electrons. The number of amides is 1. The lowest BCUT2D eigenvalue weighted by molar-refractivity contribution is -0.0498. The van der Waals surface area contributed by atoms with Crippen LogP contribution in [0.4, 0.5) is 8.78 Å². The molecule has 0 bridgehead atoms. The van der Waals surface area contributed by atoms with E-state index in [0.717, 1.165) is 0 Å². The summed E-state index contributed by atoms with van der Waals surface area (Å²) in [4.78, 5) is 13.7. The summed E-state index contributed by atoms with van der Waals surface area (Å²) in [6, 6.07) is 5.45. The average molecular weight is 287 g/mol. The second-order valence-corrected chi connectivity index (χ2v) is 4.38. The van der Waals surface area contributed by atoms with Crippen molar-refractivity contribution in [1.82, 2.24) is 4.90 Å². The van der Waals surface area contributed by atoms with Crippen LogP contribution in [0.15, 0.2) is 24.3 Å². The third-order valence-corrected chi connectivity index (χ3v) is 2.86. The van der Waals surface area contributed by atoms with Gasteiger partial charge in [-0.3, -0.25) is 4.79 Å². The van der Waals surface area contributed by atoms with Gasteiger partial charge in [-0.05, 0) is 24.3 Å². The van der Waals surface area contributed by atoms with Gasteiger partial charge in [0, 0.05) is 18.7 Å². The summed E-state index contributed by atoms with van der Waals surface area (Å²) in [7, 11) is 0. The van der Waals surface area contributed by atoms with Crippen molar-refractivity contribution in [3.05, 3.63) is 29.8 Å². The summed E-state index contributed by atoms with van der Waals surface area (Å²) < 4.78 is 33.4. The summed E-state index contributed by atoms with van der Waals surface area (Å²) >= 11 is 0. The third kappa shape index (κ3) is 3.88. The smallest absolute Gasteiger partial charge is 0.387 e. The van der Waals surface area contributed by atoms with Crippen LogP contribution in [0.1, 0.15) is 10.4 Å². The van der Waals surface area contributed by atoms with Gasteiger partial charge < -0.3 is 19.5 Å². The molecular formula is C13H15F2NO4. The van der Waals surface area contributed by atoms with Crippen LogP contribution in [-0.4, -0.2) is 54.9 Å². The van der Waals surface area contributed by atoms with Crippen molar-refractivity contribution in [1.29, 1.82) is 0 Å². The molecule has 1 aliphatic heterocycles. The number of nitrogens with zero attached hydrogens (tertiary/aromatic N) is 1. The highest BCUT2D eigenvalue weighted by molar-refractivity contribution is 5.94. The summed E-state index contributed by atoms with van der Waals surface area (Å²) in [6.07, 6.45) is -0.720. The highest BCUT2D eigenvalue weighted by Crippen LogP contribution is 2.16. The predicted molar refractivity (Wildman–Crippen MR) is 65.8 cm³/mol. The summed E-state index contributed by atoms with van der Waals surface area (Å²) in [5.74, 6) is -0.283. The van der Waals surface area contributed by atoms with Crippen molar-refractivity contribution in [3.63, 3.8) is 0 Å². The molecule has 2 rings (SSSR count). The Kier molecular flexibility index (Phi) is 4.86. The predicted octanol–water partition coefficient (Wildman–Crippen LogP) is 1.12. The molecule has 0 unspecified atom stereocenters. The van der Waals surface area contributed by atoms with Crippen molar-refractivity contribution < 1.29 is 28.2 Å². The van der Waals surface area contributed by atoms with E-state index >= 15 is 0 Å². The number of aliphatic hydroxyl groups is 1. The number of alkyl halides is 2. The van der Waals surface area contributed by atoms with Gasteiger partial charge in [0.2, 0.25) is 0 Å². The SMILES string of the molecule is O=C(c1ccc(OC(F)F)cc1)N1CCOC[C@H](O)C1. The number of rotatable bonds is 3. The van der Waals surface area contributed by atoms with Crippen LogP contribution in [0.3, 0.4) is 0 Å². The molecule has 20 heavy (non-hydrogen) atoms. The van der Waals surface area contributed by atoms with Crippen LogP contribution in [0.2, 0.25) is 0 Å². The van der Waals surface area contributed by atoms with Gasteiger partial charge in [0.15, 0.2) is 0 Å². The Morgan fingerprint density at radius 2 is 2.10 bits per heavy atom. The van der Waals surface area contributed by atoms with E-state index in [9.17, 15) is 18.7 Å². The largest absolute Gasteiger partial charge is 0.435 e. The molecule has 1 aromatic rings. The molecule has 1 fully saturated rings. The van der Waals surface area contributed by atoms with E-state index in [1.165, 1.54) is 29.2 Å². The van der Waals surface area contributed by atoms with Crippen LogP contribution in [-0.2, 0) is 4.74 Å². The Balaban J connectivity index is 2.04. The maximum Gasteiger partial charge on any atom is 0.387 e. The number of β-amino-alcohol motifs (C(OH)–C–C–N with tert-alkyl or cyclic N) is 1. The Morgan fingerprint density at radius 3 is 2.75 bits per heavy atom. The van der Waals surface area contributed by atoms with E-state index in [1.54, 1.807) is 0 Å². The summed E-state index contributed by atoms with van der Waals surface area (Å²) in [5, 5.41) is 9.58.